The molecule has 1 unspecified atom stereocenters. The molecule has 1 N–H and O–H groups in total. The van der Waals surface area contributed by atoms with Crippen LogP contribution in [-0.4, -0.2) is 70.9 Å². The lowest BCUT2D eigenvalue weighted by Gasteiger charge is -2.70. The maximum absolute atomic E-state index is 12.7. The van der Waals surface area contributed by atoms with Gasteiger partial charge in [0.05, 0.1) is 30.6 Å². The van der Waals surface area contributed by atoms with Gasteiger partial charge in [0.1, 0.15) is 12.3 Å². The number of halogens is 6. The standard InChI is InChI=1S/C19H20F6N4O4/c20-18(21,22)13-3-26-15(32-13)12-4-29(9-27-12)17-6-16(7-17,8-17)28-14(30)5-31-10-1-11(2-10)33-19(23,24)25/h4,9-11,13H,1-3,5-8H2,(H,28,30)/t10-,11+,13?,16?,17?. The molecule has 1 aliphatic heterocycles. The molecule has 2 heterocycles. The van der Waals surface area contributed by atoms with Crippen LogP contribution in [-0.2, 0) is 24.5 Å². The zero-order valence-corrected chi connectivity index (χ0v) is 17.1. The monoisotopic (exact) mass is 482 g/mol. The number of alkyl halides is 6. The van der Waals surface area contributed by atoms with Gasteiger partial charge < -0.3 is 19.4 Å². The molecule has 0 radical (unpaired) electrons. The number of amides is 1. The number of nitrogens with one attached hydrogen (secondary N) is 1. The molecule has 6 rings (SSSR count). The average molecular weight is 482 g/mol. The molecule has 0 saturated heterocycles. The van der Waals surface area contributed by atoms with Crippen LogP contribution in [0.3, 0.4) is 0 Å². The molecule has 1 amide bonds. The van der Waals surface area contributed by atoms with Gasteiger partial charge in [-0.05, 0) is 19.3 Å². The lowest BCUT2D eigenvalue weighted by molar-refractivity contribution is -0.357. The molecule has 0 spiro atoms. The van der Waals surface area contributed by atoms with Crippen LogP contribution in [0.5, 0.6) is 0 Å². The Labute approximate surface area is 183 Å². The van der Waals surface area contributed by atoms with Gasteiger partial charge in [0.2, 0.25) is 17.9 Å². The normalized spacial score (nSPS) is 35.1. The quantitative estimate of drug-likeness (QED) is 0.604. The number of aromatic nitrogens is 2. The maximum Gasteiger partial charge on any atom is 0.522 e. The van der Waals surface area contributed by atoms with Gasteiger partial charge in [0.25, 0.3) is 0 Å². The molecule has 4 fully saturated rings. The molecule has 33 heavy (non-hydrogen) atoms. The first-order valence-corrected chi connectivity index (χ1v) is 10.3. The highest BCUT2D eigenvalue weighted by Gasteiger charge is 2.69. The molecule has 0 aromatic carbocycles. The molecule has 2 bridgehead atoms. The Balaban J connectivity index is 1.05. The molecule has 1 aromatic heterocycles. The van der Waals surface area contributed by atoms with E-state index in [-0.39, 0.29) is 48.0 Å². The summed E-state index contributed by atoms with van der Waals surface area (Å²) in [6.45, 7) is -0.740. The Kier molecular flexibility index (Phi) is 4.98. The van der Waals surface area contributed by atoms with Crippen molar-refractivity contribution in [1.29, 1.82) is 0 Å². The van der Waals surface area contributed by atoms with Crippen molar-refractivity contribution in [2.24, 2.45) is 4.99 Å². The van der Waals surface area contributed by atoms with Gasteiger partial charge in [-0.2, -0.15) is 13.2 Å². The van der Waals surface area contributed by atoms with Gasteiger partial charge in [-0.25, -0.2) is 9.98 Å². The molecular formula is C19H20F6N4O4. The third kappa shape index (κ3) is 4.29. The van der Waals surface area contributed by atoms with Gasteiger partial charge in [-0.15, -0.1) is 13.2 Å². The fourth-order valence-corrected chi connectivity index (χ4v) is 4.98. The molecule has 4 aliphatic carbocycles. The summed E-state index contributed by atoms with van der Waals surface area (Å²) >= 11 is 0. The topological polar surface area (TPSA) is 87.0 Å². The van der Waals surface area contributed by atoms with Crippen LogP contribution >= 0.6 is 0 Å². The van der Waals surface area contributed by atoms with Crippen LogP contribution in [0.2, 0.25) is 0 Å². The van der Waals surface area contributed by atoms with E-state index >= 15 is 0 Å². The molecule has 1 atom stereocenters. The molecule has 4 saturated carbocycles. The first kappa shape index (κ1) is 22.4. The van der Waals surface area contributed by atoms with Gasteiger partial charge in [-0.1, -0.05) is 0 Å². The molecule has 1 aromatic rings. The van der Waals surface area contributed by atoms with E-state index < -0.39 is 37.4 Å². The molecule has 5 aliphatic rings. The van der Waals surface area contributed by atoms with Crippen LogP contribution < -0.4 is 5.32 Å². The van der Waals surface area contributed by atoms with E-state index in [2.05, 4.69) is 20.0 Å². The summed E-state index contributed by atoms with van der Waals surface area (Å²) in [6, 6.07) is 0. The highest BCUT2D eigenvalue weighted by molar-refractivity contribution is 5.93. The fourth-order valence-electron chi connectivity index (χ4n) is 4.98. The number of nitrogens with zero attached hydrogens (tertiary/aromatic N) is 3. The molecule has 14 heteroatoms. The van der Waals surface area contributed by atoms with Crippen LogP contribution in [0.15, 0.2) is 17.5 Å². The third-order valence-corrected chi connectivity index (χ3v) is 6.58. The van der Waals surface area contributed by atoms with Gasteiger partial charge in [-0.3, -0.25) is 9.53 Å². The van der Waals surface area contributed by atoms with E-state index in [1.807, 2.05) is 4.57 Å². The van der Waals surface area contributed by atoms with Crippen LogP contribution in [0.25, 0.3) is 0 Å². The first-order chi connectivity index (χ1) is 15.3. The minimum Gasteiger partial charge on any atom is -0.461 e. The van der Waals surface area contributed by atoms with Crippen LogP contribution in [0.1, 0.15) is 37.8 Å². The Hall–Kier alpha value is -2.35. The summed E-state index contributed by atoms with van der Waals surface area (Å²) < 4.78 is 90.5. The number of aliphatic imine (C=N–C) groups is 1. The second kappa shape index (κ2) is 7.32. The Bertz CT molecular complexity index is 948. The number of hydrogen-bond acceptors (Lipinski definition) is 6. The Morgan fingerprint density at radius 3 is 2.48 bits per heavy atom. The lowest BCUT2D eigenvalue weighted by atomic mass is 9.44. The summed E-state index contributed by atoms with van der Waals surface area (Å²) in [7, 11) is 0. The van der Waals surface area contributed by atoms with E-state index in [0.29, 0.717) is 19.3 Å². The van der Waals surface area contributed by atoms with Crippen molar-refractivity contribution in [1.82, 2.24) is 14.9 Å². The van der Waals surface area contributed by atoms with Crippen molar-refractivity contribution >= 4 is 11.8 Å². The van der Waals surface area contributed by atoms with Crippen molar-refractivity contribution in [3.63, 3.8) is 0 Å². The second-order valence-electron chi connectivity index (χ2n) is 9.13. The van der Waals surface area contributed by atoms with Crippen molar-refractivity contribution in [3.05, 3.63) is 18.2 Å². The van der Waals surface area contributed by atoms with Crippen molar-refractivity contribution < 1.29 is 45.3 Å². The maximum atomic E-state index is 12.7. The summed E-state index contributed by atoms with van der Waals surface area (Å²) in [5.74, 6) is -0.483. The smallest absolute Gasteiger partial charge is 0.461 e. The third-order valence-electron chi connectivity index (χ3n) is 6.58. The van der Waals surface area contributed by atoms with E-state index in [1.165, 1.54) is 6.33 Å². The fraction of sp³-hybridized carbons (Fsp3) is 0.737. The van der Waals surface area contributed by atoms with Gasteiger partial charge in [0, 0.05) is 24.6 Å². The number of carbonyl (C=O) groups excluding carboxylic acids is 1. The zero-order chi connectivity index (χ0) is 23.6. The molecule has 182 valence electrons. The summed E-state index contributed by atoms with van der Waals surface area (Å²) in [6.07, 6.45) is -7.32. The van der Waals surface area contributed by atoms with E-state index in [4.69, 9.17) is 9.47 Å². The van der Waals surface area contributed by atoms with E-state index in [0.717, 1.165) is 0 Å². The number of imidazole rings is 1. The van der Waals surface area contributed by atoms with Gasteiger partial charge in [0.15, 0.2) is 0 Å². The summed E-state index contributed by atoms with van der Waals surface area (Å²) in [4.78, 5) is 20.1. The Morgan fingerprint density at radius 2 is 1.88 bits per heavy atom. The minimum atomic E-state index is -4.67. The highest BCUT2D eigenvalue weighted by Crippen LogP contribution is 2.65. The number of rotatable bonds is 7. The second-order valence-corrected chi connectivity index (χ2v) is 9.13. The number of carbonyl (C=O) groups is 1. The highest BCUT2D eigenvalue weighted by atomic mass is 19.4. The largest absolute Gasteiger partial charge is 0.522 e. The number of ether oxygens (including phenoxy) is 3. The van der Waals surface area contributed by atoms with E-state index in [1.54, 1.807) is 6.20 Å². The summed E-state index contributed by atoms with van der Waals surface area (Å²) in [5.41, 5.74) is -0.418. The average Bonchev–Trinajstić information content (AvgIpc) is 3.26. The summed E-state index contributed by atoms with van der Waals surface area (Å²) in [5, 5.41) is 2.91. The Morgan fingerprint density at radius 1 is 1.18 bits per heavy atom. The van der Waals surface area contributed by atoms with Crippen molar-refractivity contribution in [2.75, 3.05) is 13.2 Å². The predicted octanol–water partition coefficient (Wildman–Crippen LogP) is 2.42. The van der Waals surface area contributed by atoms with Crippen molar-refractivity contribution in [2.45, 2.75) is 74.0 Å². The predicted molar refractivity (Wildman–Crippen MR) is 97.2 cm³/mol. The van der Waals surface area contributed by atoms with Crippen LogP contribution in [0, 0.1) is 0 Å². The lowest BCUT2D eigenvalue weighted by Crippen LogP contribution is -2.78. The van der Waals surface area contributed by atoms with E-state index in [9.17, 15) is 31.1 Å². The van der Waals surface area contributed by atoms with Gasteiger partial charge >= 0.3 is 12.5 Å². The zero-order valence-electron chi connectivity index (χ0n) is 17.1. The minimum absolute atomic E-state index is 0.0860. The number of hydrogen-bond donors (Lipinski definition) is 1. The van der Waals surface area contributed by atoms with Crippen LogP contribution in [0.4, 0.5) is 26.3 Å². The molecular weight excluding hydrogens is 462 g/mol. The SMILES string of the molecule is O=C(CO[C@H]1C[C@@H](OC(F)(F)F)C1)NC12CC(n3cnc(C4=NCC(C(F)(F)F)O4)c3)(C1)C2. The van der Waals surface area contributed by atoms with Crippen molar-refractivity contribution in [3.8, 4) is 0 Å². The molecule has 8 nitrogen and oxygen atoms in total. The first-order valence-electron chi connectivity index (χ1n) is 10.3.